The normalized spacial score (nSPS) is 15.5. The largest absolute Gasteiger partial charge is 0.328 e. The van der Waals surface area contributed by atoms with Crippen molar-refractivity contribution < 1.29 is 9.59 Å². The molecule has 2 aromatic carbocycles. The number of anilines is 1. The lowest BCUT2D eigenvalue weighted by atomic mass is 10.1. The number of aromatic nitrogens is 3. The zero-order chi connectivity index (χ0) is 24.2. The van der Waals surface area contributed by atoms with E-state index in [-0.39, 0.29) is 23.6 Å². The number of halogens is 2. The maximum Gasteiger partial charge on any atom is 0.254 e. The summed E-state index contributed by atoms with van der Waals surface area (Å²) >= 11 is 13.4. The van der Waals surface area contributed by atoms with Gasteiger partial charge in [-0.05, 0) is 57.0 Å². The predicted octanol–water partition coefficient (Wildman–Crippen LogP) is 5.62. The molecule has 2 amide bonds. The molecule has 1 unspecified atom stereocenters. The number of hydrogen-bond donors (Lipinski definition) is 1. The van der Waals surface area contributed by atoms with Gasteiger partial charge in [0.1, 0.15) is 0 Å². The van der Waals surface area contributed by atoms with E-state index in [4.69, 9.17) is 23.2 Å². The number of likely N-dealkylation sites (tertiary alicyclic amines) is 1. The Kier molecular flexibility index (Phi) is 7.80. The number of thioether (sulfide) groups is 1. The predicted molar refractivity (Wildman–Crippen MR) is 136 cm³/mol. The topological polar surface area (TPSA) is 80.1 Å². The highest BCUT2D eigenvalue weighted by Gasteiger charge is 2.34. The molecule has 10 heteroatoms. The number of benzene rings is 2. The van der Waals surface area contributed by atoms with E-state index in [1.54, 1.807) is 18.2 Å². The zero-order valence-corrected chi connectivity index (χ0v) is 21.3. The molecule has 178 valence electrons. The lowest BCUT2D eigenvalue weighted by molar-refractivity contribution is -0.113. The molecule has 1 fully saturated rings. The molecule has 0 aliphatic carbocycles. The van der Waals surface area contributed by atoms with Gasteiger partial charge in [0.15, 0.2) is 11.0 Å². The van der Waals surface area contributed by atoms with Gasteiger partial charge in [-0.2, -0.15) is 0 Å². The molecule has 0 spiro atoms. The van der Waals surface area contributed by atoms with Crippen molar-refractivity contribution in [1.82, 2.24) is 19.7 Å². The van der Waals surface area contributed by atoms with E-state index in [0.717, 1.165) is 24.2 Å². The van der Waals surface area contributed by atoms with Crippen molar-refractivity contribution in [3.05, 3.63) is 69.5 Å². The second kappa shape index (κ2) is 10.8. The molecule has 1 aliphatic heterocycles. The fraction of sp³-hybridized carbons (Fsp3) is 0.333. The van der Waals surface area contributed by atoms with Gasteiger partial charge in [0.25, 0.3) is 5.91 Å². The summed E-state index contributed by atoms with van der Waals surface area (Å²) in [6, 6.07) is 12.4. The summed E-state index contributed by atoms with van der Waals surface area (Å²) in [6.07, 6.45) is 1.74. The highest BCUT2D eigenvalue weighted by molar-refractivity contribution is 7.99. The van der Waals surface area contributed by atoms with Gasteiger partial charge in [-0.3, -0.25) is 9.59 Å². The summed E-state index contributed by atoms with van der Waals surface area (Å²) in [6.45, 7) is 5.32. The molecule has 1 N–H and O–H groups in total. The molecule has 1 atom stereocenters. The van der Waals surface area contributed by atoms with E-state index >= 15 is 0 Å². The first kappa shape index (κ1) is 24.6. The maximum atomic E-state index is 13.2. The number of aryl methyl sites for hydroxylation is 1. The van der Waals surface area contributed by atoms with E-state index in [1.807, 2.05) is 47.6 Å². The van der Waals surface area contributed by atoms with Gasteiger partial charge < -0.3 is 14.8 Å². The highest BCUT2D eigenvalue weighted by atomic mass is 35.5. The van der Waals surface area contributed by atoms with Crippen LogP contribution in [-0.4, -0.2) is 43.8 Å². The summed E-state index contributed by atoms with van der Waals surface area (Å²) in [5.74, 6) is 0.692. The lowest BCUT2D eigenvalue weighted by Gasteiger charge is -2.24. The van der Waals surface area contributed by atoms with Crippen molar-refractivity contribution in [3.63, 3.8) is 0 Å². The molecule has 1 aliphatic rings. The Morgan fingerprint density at radius 3 is 2.62 bits per heavy atom. The third-order valence-corrected chi connectivity index (χ3v) is 7.22. The van der Waals surface area contributed by atoms with Gasteiger partial charge in [-0.15, -0.1) is 10.2 Å². The Hall–Kier alpha value is -2.55. The van der Waals surface area contributed by atoms with Crippen molar-refractivity contribution in [2.45, 2.75) is 44.4 Å². The average Bonchev–Trinajstić information content (AvgIpc) is 3.46. The first-order valence-corrected chi connectivity index (χ1v) is 12.8. The molecule has 1 aromatic heterocycles. The summed E-state index contributed by atoms with van der Waals surface area (Å²) in [7, 11) is 0. The quantitative estimate of drug-likeness (QED) is 0.411. The summed E-state index contributed by atoms with van der Waals surface area (Å²) < 4.78 is 1.98. The molecule has 3 aromatic rings. The number of hydrogen-bond acceptors (Lipinski definition) is 5. The van der Waals surface area contributed by atoms with Gasteiger partial charge >= 0.3 is 0 Å². The molecule has 34 heavy (non-hydrogen) atoms. The van der Waals surface area contributed by atoms with Crippen LogP contribution in [0.4, 0.5) is 5.69 Å². The van der Waals surface area contributed by atoms with Crippen LogP contribution < -0.4 is 5.32 Å². The van der Waals surface area contributed by atoms with E-state index in [2.05, 4.69) is 15.5 Å². The standard InChI is InChI=1S/C24H25Cl2N5O2S/c1-3-30-22(20-5-4-12-31(20)23(33)16-8-6-15(2)7-9-16)28-29-24(30)34-14-21(32)27-19-11-10-17(25)13-18(19)26/h6-11,13,20H,3-5,12,14H2,1-2H3,(H,27,32). The van der Waals surface area contributed by atoms with E-state index in [1.165, 1.54) is 11.8 Å². The van der Waals surface area contributed by atoms with Gasteiger partial charge in [0.2, 0.25) is 5.91 Å². The fourth-order valence-electron chi connectivity index (χ4n) is 4.00. The number of carbonyl (C=O) groups is 2. The third-order valence-electron chi connectivity index (χ3n) is 5.71. The Labute approximate surface area is 212 Å². The van der Waals surface area contributed by atoms with E-state index in [9.17, 15) is 9.59 Å². The van der Waals surface area contributed by atoms with Gasteiger partial charge in [-0.25, -0.2) is 0 Å². The fourth-order valence-corrected chi connectivity index (χ4v) is 5.26. The minimum Gasteiger partial charge on any atom is -0.328 e. The van der Waals surface area contributed by atoms with E-state index in [0.29, 0.717) is 39.5 Å². The van der Waals surface area contributed by atoms with Crippen LogP contribution in [0.3, 0.4) is 0 Å². The molecule has 0 radical (unpaired) electrons. The van der Waals surface area contributed by atoms with Crippen molar-refractivity contribution in [2.75, 3.05) is 17.6 Å². The monoisotopic (exact) mass is 517 g/mol. The number of rotatable bonds is 7. The first-order valence-electron chi connectivity index (χ1n) is 11.1. The van der Waals surface area contributed by atoms with Gasteiger partial charge in [0, 0.05) is 23.7 Å². The Morgan fingerprint density at radius 2 is 1.91 bits per heavy atom. The smallest absolute Gasteiger partial charge is 0.254 e. The lowest BCUT2D eigenvalue weighted by Crippen LogP contribution is -2.32. The summed E-state index contributed by atoms with van der Waals surface area (Å²) in [5.41, 5.74) is 2.29. The van der Waals surface area contributed by atoms with Crippen LogP contribution in [0.15, 0.2) is 47.6 Å². The number of nitrogens with zero attached hydrogens (tertiary/aromatic N) is 4. The summed E-state index contributed by atoms with van der Waals surface area (Å²) in [5, 5.41) is 13.1. The number of amides is 2. The van der Waals surface area contributed by atoms with Crippen LogP contribution in [0.1, 0.15) is 47.6 Å². The van der Waals surface area contributed by atoms with Crippen LogP contribution in [0.25, 0.3) is 0 Å². The van der Waals surface area contributed by atoms with Crippen LogP contribution >= 0.6 is 35.0 Å². The molecule has 4 rings (SSSR count). The molecule has 0 bridgehead atoms. The zero-order valence-electron chi connectivity index (χ0n) is 18.9. The van der Waals surface area contributed by atoms with Crippen molar-refractivity contribution in [1.29, 1.82) is 0 Å². The van der Waals surface area contributed by atoms with Crippen LogP contribution in [-0.2, 0) is 11.3 Å². The highest BCUT2D eigenvalue weighted by Crippen LogP contribution is 2.34. The minimum atomic E-state index is -0.210. The van der Waals surface area contributed by atoms with Gasteiger partial charge in [0.05, 0.1) is 22.5 Å². The van der Waals surface area contributed by atoms with Crippen molar-refractivity contribution in [3.8, 4) is 0 Å². The van der Waals surface area contributed by atoms with Crippen LogP contribution in [0, 0.1) is 6.92 Å². The van der Waals surface area contributed by atoms with E-state index < -0.39 is 0 Å². The Bertz CT molecular complexity index is 1200. The Morgan fingerprint density at radius 1 is 1.15 bits per heavy atom. The van der Waals surface area contributed by atoms with Crippen LogP contribution in [0.2, 0.25) is 10.0 Å². The molecule has 2 heterocycles. The SMILES string of the molecule is CCn1c(SCC(=O)Nc2ccc(Cl)cc2Cl)nnc1C1CCCN1C(=O)c1ccc(C)cc1. The molecule has 0 saturated carbocycles. The van der Waals surface area contributed by atoms with Crippen LogP contribution in [0.5, 0.6) is 0 Å². The molecule has 1 saturated heterocycles. The Balaban J connectivity index is 1.45. The minimum absolute atomic E-state index is 0.00146. The van der Waals surface area contributed by atoms with Crippen molar-refractivity contribution >= 4 is 52.5 Å². The molecular weight excluding hydrogens is 493 g/mol. The van der Waals surface area contributed by atoms with Crippen molar-refractivity contribution in [2.24, 2.45) is 0 Å². The average molecular weight is 518 g/mol. The summed E-state index contributed by atoms with van der Waals surface area (Å²) in [4.78, 5) is 27.5. The second-order valence-electron chi connectivity index (χ2n) is 8.07. The molecular formula is C24H25Cl2N5O2S. The second-order valence-corrected chi connectivity index (χ2v) is 9.85. The first-order chi connectivity index (χ1) is 16.4. The third kappa shape index (κ3) is 5.40. The number of nitrogens with one attached hydrogen (secondary N) is 1. The van der Waals surface area contributed by atoms with Gasteiger partial charge in [-0.1, -0.05) is 52.7 Å². The number of carbonyl (C=O) groups excluding carboxylic acids is 2. The molecule has 7 nitrogen and oxygen atoms in total. The maximum absolute atomic E-state index is 13.2.